The number of fused-ring (bicyclic) bond motifs is 1. The smallest absolute Gasteiger partial charge is 0.235 e. The summed E-state index contributed by atoms with van der Waals surface area (Å²) < 4.78 is 11.2. The number of hydrogen-bond donors (Lipinski definition) is 0. The SMILES string of the molecule is Cc1ccc(-c2oc3ccc(Cl)cc3c(=O)c2O[C@@H](C)C(=O)[O-])cc1. The van der Waals surface area contributed by atoms with Crippen molar-refractivity contribution in [3.63, 3.8) is 0 Å². The van der Waals surface area contributed by atoms with Gasteiger partial charge in [0.25, 0.3) is 0 Å². The van der Waals surface area contributed by atoms with Gasteiger partial charge >= 0.3 is 0 Å². The van der Waals surface area contributed by atoms with Gasteiger partial charge in [0.1, 0.15) is 11.7 Å². The van der Waals surface area contributed by atoms with Crippen LogP contribution in [0.2, 0.25) is 5.02 Å². The van der Waals surface area contributed by atoms with Crippen LogP contribution >= 0.6 is 11.6 Å². The van der Waals surface area contributed by atoms with Gasteiger partial charge in [0.05, 0.1) is 11.4 Å². The first-order valence-corrected chi connectivity index (χ1v) is 7.95. The van der Waals surface area contributed by atoms with Gasteiger partial charge in [0, 0.05) is 10.6 Å². The summed E-state index contributed by atoms with van der Waals surface area (Å²) in [4.78, 5) is 23.9. The van der Waals surface area contributed by atoms with E-state index in [-0.39, 0.29) is 16.9 Å². The molecule has 3 aromatic rings. The molecule has 0 bridgehead atoms. The van der Waals surface area contributed by atoms with Crippen molar-refractivity contribution in [1.29, 1.82) is 0 Å². The van der Waals surface area contributed by atoms with E-state index in [9.17, 15) is 14.7 Å². The molecule has 0 saturated carbocycles. The molecule has 0 fully saturated rings. The third-order valence-corrected chi connectivity index (χ3v) is 3.99. The number of aryl methyl sites for hydroxylation is 1. The third kappa shape index (κ3) is 3.37. The van der Waals surface area contributed by atoms with Gasteiger partial charge in [-0.25, -0.2) is 0 Å². The highest BCUT2D eigenvalue weighted by Gasteiger charge is 2.20. The maximum absolute atomic E-state index is 12.8. The number of halogens is 1. The number of rotatable bonds is 4. The van der Waals surface area contributed by atoms with Gasteiger partial charge in [-0.2, -0.15) is 0 Å². The first-order chi connectivity index (χ1) is 11.9. The largest absolute Gasteiger partial charge is 0.546 e. The van der Waals surface area contributed by atoms with E-state index >= 15 is 0 Å². The lowest BCUT2D eigenvalue weighted by Crippen LogP contribution is -2.38. The van der Waals surface area contributed by atoms with Crippen LogP contribution in [-0.4, -0.2) is 12.1 Å². The van der Waals surface area contributed by atoms with Crippen LogP contribution in [0.3, 0.4) is 0 Å². The Morgan fingerprint density at radius 3 is 2.52 bits per heavy atom. The molecule has 0 aliphatic rings. The van der Waals surface area contributed by atoms with Crippen molar-refractivity contribution in [3.05, 3.63) is 63.3 Å². The van der Waals surface area contributed by atoms with Gasteiger partial charge in [-0.15, -0.1) is 0 Å². The second kappa shape index (κ2) is 6.61. The van der Waals surface area contributed by atoms with Crippen molar-refractivity contribution in [3.8, 4) is 17.1 Å². The quantitative estimate of drug-likeness (QED) is 0.717. The molecule has 0 aliphatic carbocycles. The molecule has 1 heterocycles. The predicted octanol–water partition coefficient (Wildman–Crippen LogP) is 2.94. The topological polar surface area (TPSA) is 79.6 Å². The lowest BCUT2D eigenvalue weighted by molar-refractivity contribution is -0.312. The minimum atomic E-state index is -1.43. The number of carbonyl (C=O) groups is 1. The zero-order valence-corrected chi connectivity index (χ0v) is 14.3. The summed E-state index contributed by atoms with van der Waals surface area (Å²) >= 11 is 5.95. The molecule has 0 unspecified atom stereocenters. The Balaban J connectivity index is 2.29. The summed E-state index contributed by atoms with van der Waals surface area (Å²) in [6, 6.07) is 11.9. The Bertz CT molecular complexity index is 1000. The molecule has 0 spiro atoms. The molecule has 0 radical (unpaired) electrons. The van der Waals surface area contributed by atoms with Crippen molar-refractivity contribution in [1.82, 2.24) is 0 Å². The standard InChI is InChI=1S/C19H15ClO5/c1-10-3-5-12(6-4-10)17-18(24-11(2)19(22)23)16(21)14-9-13(20)7-8-15(14)25-17/h3-9,11H,1-2H3,(H,22,23)/p-1/t11-/m0/s1. The molecule has 0 saturated heterocycles. The van der Waals surface area contributed by atoms with Crippen molar-refractivity contribution >= 4 is 28.5 Å². The molecule has 0 amide bonds. The number of hydrogen-bond acceptors (Lipinski definition) is 5. The van der Waals surface area contributed by atoms with E-state index in [4.69, 9.17) is 20.8 Å². The molecule has 0 N–H and O–H groups in total. The number of benzene rings is 2. The molecule has 25 heavy (non-hydrogen) atoms. The monoisotopic (exact) mass is 357 g/mol. The highest BCUT2D eigenvalue weighted by atomic mass is 35.5. The molecule has 3 rings (SSSR count). The average Bonchev–Trinajstić information content (AvgIpc) is 2.58. The molecule has 1 aromatic heterocycles. The Hall–Kier alpha value is -2.79. The van der Waals surface area contributed by atoms with E-state index in [0.717, 1.165) is 5.56 Å². The van der Waals surface area contributed by atoms with Crippen LogP contribution in [0.1, 0.15) is 12.5 Å². The van der Waals surface area contributed by atoms with Crippen LogP contribution in [0.15, 0.2) is 51.7 Å². The highest BCUT2D eigenvalue weighted by Crippen LogP contribution is 2.32. The van der Waals surface area contributed by atoms with E-state index in [2.05, 4.69) is 0 Å². The van der Waals surface area contributed by atoms with Crippen LogP contribution in [0.25, 0.3) is 22.3 Å². The average molecular weight is 358 g/mol. The van der Waals surface area contributed by atoms with Gasteiger partial charge in [-0.1, -0.05) is 41.4 Å². The molecule has 0 aliphatic heterocycles. The van der Waals surface area contributed by atoms with Gasteiger partial charge in [0.2, 0.25) is 11.2 Å². The molecule has 1 atom stereocenters. The Morgan fingerprint density at radius 2 is 1.88 bits per heavy atom. The van der Waals surface area contributed by atoms with Crippen molar-refractivity contribution in [2.24, 2.45) is 0 Å². The third-order valence-electron chi connectivity index (χ3n) is 3.75. The Kier molecular flexibility index (Phi) is 4.51. The van der Waals surface area contributed by atoms with Crippen molar-refractivity contribution in [2.75, 3.05) is 0 Å². The van der Waals surface area contributed by atoms with E-state index in [1.807, 2.05) is 19.1 Å². The zero-order valence-electron chi connectivity index (χ0n) is 13.5. The number of carboxylic acids is 1. The Morgan fingerprint density at radius 1 is 1.20 bits per heavy atom. The number of aliphatic carboxylic acids is 1. The molecule has 6 heteroatoms. The highest BCUT2D eigenvalue weighted by molar-refractivity contribution is 6.31. The van der Waals surface area contributed by atoms with Crippen LogP contribution in [0, 0.1) is 6.92 Å². The van der Waals surface area contributed by atoms with E-state index in [0.29, 0.717) is 16.2 Å². The maximum atomic E-state index is 12.8. The molecular weight excluding hydrogens is 344 g/mol. The van der Waals surface area contributed by atoms with E-state index in [1.54, 1.807) is 24.3 Å². The lowest BCUT2D eigenvalue weighted by atomic mass is 10.1. The van der Waals surface area contributed by atoms with Crippen LogP contribution in [0.5, 0.6) is 5.75 Å². The normalized spacial score (nSPS) is 12.1. The fourth-order valence-corrected chi connectivity index (χ4v) is 2.55. The summed E-state index contributed by atoms with van der Waals surface area (Å²) in [6.07, 6.45) is -1.32. The number of carbonyl (C=O) groups excluding carboxylic acids is 1. The van der Waals surface area contributed by atoms with Crippen LogP contribution in [0.4, 0.5) is 0 Å². The number of carboxylic acid groups (broad SMARTS) is 1. The second-order valence-electron chi connectivity index (χ2n) is 5.68. The van der Waals surface area contributed by atoms with Crippen molar-refractivity contribution < 1.29 is 19.1 Å². The minimum Gasteiger partial charge on any atom is -0.546 e. The molecule has 128 valence electrons. The fourth-order valence-electron chi connectivity index (χ4n) is 2.38. The van der Waals surface area contributed by atoms with Crippen molar-refractivity contribution in [2.45, 2.75) is 20.0 Å². The van der Waals surface area contributed by atoms with Crippen LogP contribution < -0.4 is 15.3 Å². The summed E-state index contributed by atoms with van der Waals surface area (Å²) in [6.45, 7) is 3.22. The van der Waals surface area contributed by atoms with E-state index < -0.39 is 17.5 Å². The molecule has 5 nitrogen and oxygen atoms in total. The second-order valence-corrected chi connectivity index (χ2v) is 6.11. The van der Waals surface area contributed by atoms with E-state index in [1.165, 1.54) is 13.0 Å². The Labute approximate surface area is 148 Å². The maximum Gasteiger partial charge on any atom is 0.235 e. The fraction of sp³-hybridized carbons (Fsp3) is 0.158. The first-order valence-electron chi connectivity index (χ1n) is 7.57. The summed E-state index contributed by atoms with van der Waals surface area (Å²) in [5, 5.41) is 11.6. The first kappa shape index (κ1) is 17.0. The summed E-state index contributed by atoms with van der Waals surface area (Å²) in [5.74, 6) is -1.45. The number of ether oxygens (including phenoxy) is 1. The predicted molar refractivity (Wildman–Crippen MR) is 92.8 cm³/mol. The summed E-state index contributed by atoms with van der Waals surface area (Å²) in [5.41, 5.74) is 1.47. The van der Waals surface area contributed by atoms with Crippen LogP contribution in [-0.2, 0) is 4.79 Å². The van der Waals surface area contributed by atoms with Gasteiger partial charge in [-0.3, -0.25) is 4.79 Å². The van der Waals surface area contributed by atoms with Gasteiger partial charge in [-0.05, 0) is 32.0 Å². The minimum absolute atomic E-state index is 0.160. The van der Waals surface area contributed by atoms with Gasteiger partial charge < -0.3 is 19.1 Å². The molecule has 2 aromatic carbocycles. The zero-order chi connectivity index (χ0) is 18.1. The lowest BCUT2D eigenvalue weighted by Gasteiger charge is -2.17. The summed E-state index contributed by atoms with van der Waals surface area (Å²) in [7, 11) is 0. The molecular formula is C19H14ClO5-. The van der Waals surface area contributed by atoms with Gasteiger partial charge in [0.15, 0.2) is 5.76 Å².